The Kier molecular flexibility index (Phi) is 5.29. The van der Waals surface area contributed by atoms with Crippen LogP contribution in [0.3, 0.4) is 0 Å². The summed E-state index contributed by atoms with van der Waals surface area (Å²) in [5.74, 6) is -0.461. The van der Waals surface area contributed by atoms with Crippen molar-refractivity contribution in [3.05, 3.63) is 16.1 Å². The number of nitrogens with zero attached hydrogens (tertiary/aromatic N) is 3. The van der Waals surface area contributed by atoms with E-state index in [-0.39, 0.29) is 17.8 Å². The molecule has 0 aliphatic heterocycles. The number of rotatable bonds is 4. The van der Waals surface area contributed by atoms with Crippen LogP contribution < -0.4 is 0 Å². The van der Waals surface area contributed by atoms with Crippen molar-refractivity contribution in [2.45, 2.75) is 26.4 Å². The molecule has 6 nitrogen and oxygen atoms in total. The molecule has 1 heterocycles. The monoisotopic (exact) mass is 285 g/mol. The Morgan fingerprint density at radius 1 is 1.42 bits per heavy atom. The second-order valence-electron chi connectivity index (χ2n) is 4.52. The molecule has 0 saturated heterocycles. The van der Waals surface area contributed by atoms with Crippen molar-refractivity contribution >= 4 is 23.3 Å². The smallest absolute Gasteiger partial charge is 0.357 e. The highest BCUT2D eigenvalue weighted by Crippen LogP contribution is 2.15. The highest BCUT2D eigenvalue weighted by molar-refractivity contribution is 7.09. The van der Waals surface area contributed by atoms with Crippen LogP contribution in [0.2, 0.25) is 0 Å². The fourth-order valence-corrected chi connectivity index (χ4v) is 2.22. The van der Waals surface area contributed by atoms with Gasteiger partial charge in [-0.05, 0) is 13.8 Å². The average molecular weight is 285 g/mol. The molecule has 0 unspecified atom stereocenters. The summed E-state index contributed by atoms with van der Waals surface area (Å²) in [4.78, 5) is 30.7. The first-order valence-corrected chi connectivity index (χ1v) is 6.75. The second-order valence-corrected chi connectivity index (χ2v) is 5.46. The molecule has 0 atom stereocenters. The van der Waals surface area contributed by atoms with E-state index in [1.807, 2.05) is 13.8 Å². The SMILES string of the molecule is COC(=O)c1csc(CN(C(=O)N(C)C)C(C)C)n1. The van der Waals surface area contributed by atoms with Crippen molar-refractivity contribution in [2.24, 2.45) is 0 Å². The van der Waals surface area contributed by atoms with Gasteiger partial charge in [-0.2, -0.15) is 0 Å². The Bertz CT molecular complexity index is 457. The lowest BCUT2D eigenvalue weighted by Gasteiger charge is -2.28. The zero-order valence-electron chi connectivity index (χ0n) is 11.8. The number of esters is 1. The van der Waals surface area contributed by atoms with Crippen molar-refractivity contribution in [1.82, 2.24) is 14.8 Å². The van der Waals surface area contributed by atoms with Gasteiger partial charge in [0, 0.05) is 25.5 Å². The Morgan fingerprint density at radius 2 is 2.05 bits per heavy atom. The number of hydrogen-bond donors (Lipinski definition) is 0. The molecule has 0 aliphatic rings. The Labute approximate surface area is 117 Å². The lowest BCUT2D eigenvalue weighted by molar-refractivity contribution is 0.0594. The largest absolute Gasteiger partial charge is 0.464 e. The van der Waals surface area contributed by atoms with Crippen LogP contribution in [0.25, 0.3) is 0 Å². The van der Waals surface area contributed by atoms with Gasteiger partial charge in [0.05, 0.1) is 13.7 Å². The summed E-state index contributed by atoms with van der Waals surface area (Å²) in [5.41, 5.74) is 0.281. The van der Waals surface area contributed by atoms with E-state index < -0.39 is 5.97 Å². The first kappa shape index (κ1) is 15.4. The number of urea groups is 1. The summed E-state index contributed by atoms with van der Waals surface area (Å²) < 4.78 is 4.60. The number of ether oxygens (including phenoxy) is 1. The quantitative estimate of drug-likeness (QED) is 0.792. The molecule has 0 aromatic carbocycles. The number of methoxy groups -OCH3 is 1. The molecule has 0 bridgehead atoms. The Morgan fingerprint density at radius 3 is 2.53 bits per heavy atom. The molecular formula is C12H19N3O3S. The van der Waals surface area contributed by atoms with E-state index in [2.05, 4.69) is 9.72 Å². The van der Waals surface area contributed by atoms with Gasteiger partial charge in [0.2, 0.25) is 0 Å². The Hall–Kier alpha value is -1.63. The molecule has 0 spiro atoms. The minimum atomic E-state index is -0.461. The van der Waals surface area contributed by atoms with E-state index in [1.165, 1.54) is 23.3 Å². The summed E-state index contributed by atoms with van der Waals surface area (Å²) in [6.45, 7) is 4.27. The summed E-state index contributed by atoms with van der Waals surface area (Å²) in [6, 6.07) is -0.0230. The average Bonchev–Trinajstić information content (AvgIpc) is 2.82. The fourth-order valence-electron chi connectivity index (χ4n) is 1.46. The number of amides is 2. The van der Waals surface area contributed by atoms with E-state index in [1.54, 1.807) is 24.4 Å². The maximum Gasteiger partial charge on any atom is 0.357 e. The zero-order chi connectivity index (χ0) is 14.6. The molecule has 1 aromatic rings. The number of carbonyl (C=O) groups excluding carboxylic acids is 2. The molecule has 0 radical (unpaired) electrons. The molecule has 1 rings (SSSR count). The van der Waals surface area contributed by atoms with E-state index in [0.29, 0.717) is 11.6 Å². The molecular weight excluding hydrogens is 266 g/mol. The van der Waals surface area contributed by atoms with Crippen molar-refractivity contribution in [3.8, 4) is 0 Å². The third kappa shape index (κ3) is 3.92. The highest BCUT2D eigenvalue weighted by atomic mass is 32.1. The van der Waals surface area contributed by atoms with Crippen molar-refractivity contribution in [1.29, 1.82) is 0 Å². The van der Waals surface area contributed by atoms with E-state index >= 15 is 0 Å². The molecule has 0 aliphatic carbocycles. The Balaban J connectivity index is 2.83. The molecule has 1 aromatic heterocycles. The summed E-state index contributed by atoms with van der Waals surface area (Å²) in [5, 5.41) is 2.35. The fraction of sp³-hybridized carbons (Fsp3) is 0.583. The van der Waals surface area contributed by atoms with Crippen LogP contribution in [0.4, 0.5) is 4.79 Å². The normalized spacial score (nSPS) is 10.4. The van der Waals surface area contributed by atoms with E-state index in [4.69, 9.17) is 0 Å². The lowest BCUT2D eigenvalue weighted by atomic mass is 10.3. The first-order chi connectivity index (χ1) is 8.86. The first-order valence-electron chi connectivity index (χ1n) is 5.87. The topological polar surface area (TPSA) is 62.7 Å². The number of thiazole rings is 1. The van der Waals surface area contributed by atoms with Crippen LogP contribution >= 0.6 is 11.3 Å². The third-order valence-electron chi connectivity index (χ3n) is 2.50. The van der Waals surface area contributed by atoms with Gasteiger partial charge in [-0.3, -0.25) is 0 Å². The molecule has 106 valence electrons. The van der Waals surface area contributed by atoms with E-state index in [0.717, 1.165) is 0 Å². The summed E-state index contributed by atoms with van der Waals surface area (Å²) in [7, 11) is 4.73. The summed E-state index contributed by atoms with van der Waals surface area (Å²) in [6.07, 6.45) is 0. The van der Waals surface area contributed by atoms with Gasteiger partial charge >= 0.3 is 12.0 Å². The van der Waals surface area contributed by atoms with Gasteiger partial charge in [0.25, 0.3) is 0 Å². The predicted octanol–water partition coefficient (Wildman–Crippen LogP) is 1.82. The molecule has 7 heteroatoms. The van der Waals surface area contributed by atoms with Crippen LogP contribution in [0.1, 0.15) is 29.3 Å². The molecule has 0 N–H and O–H groups in total. The van der Waals surface area contributed by atoms with Crippen molar-refractivity contribution in [2.75, 3.05) is 21.2 Å². The third-order valence-corrected chi connectivity index (χ3v) is 3.34. The van der Waals surface area contributed by atoms with Crippen LogP contribution in [-0.4, -0.2) is 54.0 Å². The van der Waals surface area contributed by atoms with Gasteiger partial charge in [-0.25, -0.2) is 14.6 Å². The van der Waals surface area contributed by atoms with Gasteiger partial charge in [-0.1, -0.05) is 0 Å². The number of carbonyl (C=O) groups is 2. The standard InChI is InChI=1S/C12H19N3O3S/c1-8(2)15(12(17)14(3)4)6-10-13-9(7-19-10)11(16)18-5/h7-8H,6H2,1-5H3. The maximum absolute atomic E-state index is 12.0. The van der Waals surface area contributed by atoms with Crippen LogP contribution in [0.5, 0.6) is 0 Å². The lowest BCUT2D eigenvalue weighted by Crippen LogP contribution is -2.42. The maximum atomic E-state index is 12.0. The van der Waals surface area contributed by atoms with Crippen LogP contribution in [-0.2, 0) is 11.3 Å². The van der Waals surface area contributed by atoms with Crippen LogP contribution in [0.15, 0.2) is 5.38 Å². The minimum absolute atomic E-state index is 0.0559. The number of hydrogen-bond acceptors (Lipinski definition) is 5. The second kappa shape index (κ2) is 6.51. The molecule has 2 amide bonds. The molecule has 0 saturated carbocycles. The van der Waals surface area contributed by atoms with Crippen molar-refractivity contribution in [3.63, 3.8) is 0 Å². The van der Waals surface area contributed by atoms with E-state index in [9.17, 15) is 9.59 Å². The van der Waals surface area contributed by atoms with Crippen molar-refractivity contribution < 1.29 is 14.3 Å². The molecule has 19 heavy (non-hydrogen) atoms. The van der Waals surface area contributed by atoms with Gasteiger partial charge in [0.1, 0.15) is 5.01 Å². The van der Waals surface area contributed by atoms with Gasteiger partial charge < -0.3 is 14.5 Å². The minimum Gasteiger partial charge on any atom is -0.464 e. The zero-order valence-corrected chi connectivity index (χ0v) is 12.7. The number of aromatic nitrogens is 1. The van der Waals surface area contributed by atoms with Crippen LogP contribution in [0, 0.1) is 0 Å². The highest BCUT2D eigenvalue weighted by Gasteiger charge is 2.21. The molecule has 0 fully saturated rings. The van der Waals surface area contributed by atoms with Gasteiger partial charge in [-0.15, -0.1) is 11.3 Å². The predicted molar refractivity (Wildman–Crippen MR) is 73.2 cm³/mol. The van der Waals surface area contributed by atoms with Gasteiger partial charge in [0.15, 0.2) is 5.69 Å². The summed E-state index contributed by atoms with van der Waals surface area (Å²) >= 11 is 1.34.